The Morgan fingerprint density at radius 3 is 2.76 bits per heavy atom. The summed E-state index contributed by atoms with van der Waals surface area (Å²) in [4.78, 5) is 11.4. The summed E-state index contributed by atoms with van der Waals surface area (Å²) in [5.41, 5.74) is 0.944. The number of nitrogens with zero attached hydrogens (tertiary/aromatic N) is 3. The highest BCUT2D eigenvalue weighted by molar-refractivity contribution is 5.44. The van der Waals surface area contributed by atoms with Crippen molar-refractivity contribution in [2.75, 3.05) is 26.8 Å². The second kappa shape index (κ2) is 12.3. The molecule has 5 aliphatic rings. The predicted octanol–water partition coefficient (Wildman–Crippen LogP) is 3.77. The van der Waals surface area contributed by atoms with Crippen LogP contribution in [0.15, 0.2) is 24.4 Å². The summed E-state index contributed by atoms with van der Waals surface area (Å²) in [5, 5.41) is 8.68. The lowest BCUT2D eigenvalue weighted by molar-refractivity contribution is -0.487. The zero-order valence-corrected chi connectivity index (χ0v) is 26.5. The summed E-state index contributed by atoms with van der Waals surface area (Å²) in [5.74, 6) is -0.0504. The minimum Gasteiger partial charge on any atom is -0.454 e. The molecule has 248 valence electrons. The van der Waals surface area contributed by atoms with Crippen LogP contribution >= 0.6 is 0 Å². The molecule has 0 aliphatic carbocycles. The fourth-order valence-corrected chi connectivity index (χ4v) is 6.36. The van der Waals surface area contributed by atoms with E-state index in [-0.39, 0.29) is 45.1 Å². The largest absolute Gasteiger partial charge is 0.454 e. The van der Waals surface area contributed by atoms with Crippen LogP contribution in [-0.4, -0.2) is 83.4 Å². The Morgan fingerprint density at radius 2 is 1.91 bits per heavy atom. The third-order valence-electron chi connectivity index (χ3n) is 9.02. The smallest absolute Gasteiger partial charge is 0.231 e. The predicted molar refractivity (Wildman–Crippen MR) is 152 cm³/mol. The highest BCUT2D eigenvalue weighted by Gasteiger charge is 2.61. The van der Waals surface area contributed by atoms with Gasteiger partial charge in [-0.2, -0.15) is 4.89 Å². The normalized spacial score (nSPS) is 33.8. The topological polar surface area (TPSA) is 132 Å². The molecular formula is C31H43N3O11. The van der Waals surface area contributed by atoms with E-state index >= 15 is 0 Å². The van der Waals surface area contributed by atoms with Crippen molar-refractivity contribution in [2.24, 2.45) is 5.92 Å². The molecule has 4 unspecified atom stereocenters. The van der Waals surface area contributed by atoms with Crippen LogP contribution in [0.2, 0.25) is 0 Å². The van der Waals surface area contributed by atoms with Gasteiger partial charge in [0.1, 0.15) is 43.0 Å². The van der Waals surface area contributed by atoms with Crippen LogP contribution in [-0.2, 0) is 56.1 Å². The molecule has 7 rings (SSSR count). The third kappa shape index (κ3) is 6.58. The number of aryl methyl sites for hydroxylation is 1. The molecule has 14 nitrogen and oxygen atoms in total. The van der Waals surface area contributed by atoms with Gasteiger partial charge < -0.3 is 42.6 Å². The second-order valence-corrected chi connectivity index (χ2v) is 13.4. The fourth-order valence-electron chi connectivity index (χ4n) is 6.36. The van der Waals surface area contributed by atoms with Crippen molar-refractivity contribution in [2.45, 2.75) is 115 Å². The van der Waals surface area contributed by atoms with Gasteiger partial charge in [-0.25, -0.2) is 4.89 Å². The summed E-state index contributed by atoms with van der Waals surface area (Å²) < 4.78 is 55.2. The molecule has 0 radical (unpaired) electrons. The summed E-state index contributed by atoms with van der Waals surface area (Å²) in [6, 6.07) is 5.64. The molecule has 1 aromatic heterocycles. The number of ether oxygens (including phenoxy) is 9. The van der Waals surface area contributed by atoms with Gasteiger partial charge >= 0.3 is 0 Å². The van der Waals surface area contributed by atoms with Gasteiger partial charge in [-0.15, -0.1) is 5.10 Å². The zero-order valence-electron chi connectivity index (χ0n) is 26.5. The van der Waals surface area contributed by atoms with E-state index in [1.165, 1.54) is 0 Å². The molecule has 2 aromatic rings. The Kier molecular flexibility index (Phi) is 8.55. The molecule has 1 spiro atoms. The van der Waals surface area contributed by atoms with Gasteiger partial charge in [-0.3, -0.25) is 4.68 Å². The molecule has 5 aliphatic heterocycles. The first-order valence-corrected chi connectivity index (χ1v) is 15.7. The van der Waals surface area contributed by atoms with Gasteiger partial charge in [0.2, 0.25) is 18.9 Å². The lowest BCUT2D eigenvalue weighted by Gasteiger charge is -2.43. The van der Waals surface area contributed by atoms with Crippen molar-refractivity contribution < 1.29 is 52.4 Å². The quantitative estimate of drug-likeness (QED) is 0.352. The van der Waals surface area contributed by atoms with E-state index in [1.807, 2.05) is 56.8 Å². The van der Waals surface area contributed by atoms with Gasteiger partial charge in [0.15, 0.2) is 17.3 Å². The molecule has 14 heteroatoms. The van der Waals surface area contributed by atoms with Gasteiger partial charge in [0.05, 0.1) is 25.5 Å². The minimum atomic E-state index is -1.07. The molecule has 4 fully saturated rings. The minimum absolute atomic E-state index is 0.153. The lowest BCUT2D eigenvalue weighted by atomic mass is 9.92. The van der Waals surface area contributed by atoms with Crippen LogP contribution in [0.25, 0.3) is 0 Å². The van der Waals surface area contributed by atoms with E-state index in [4.69, 9.17) is 52.4 Å². The first kappa shape index (κ1) is 31.2. The highest BCUT2D eigenvalue weighted by atomic mass is 17.2. The standard InChI is InChI=1S/C31H43N3O11/c1-19(6-9-25-29(2,3)45-43-28(42-25)20-7-8-22-23(12-20)37-17-36-22)10-11-34-13-21(32-33-34)14-35-27-26-24(38-18-39-26)15-40-31(27)16-41-30(4,5)44-31/h7-8,12-13,19,24-28H,6,9-11,14-18H2,1-5H3/t19?,24-,25?,26-,27?,28?,31+/m0/s1. The number of hydrogen-bond donors (Lipinski definition) is 0. The Bertz CT molecular complexity index is 1340. The Balaban J connectivity index is 0.896. The SMILES string of the molecule is CC(CCC1OC(c2ccc3c(c2)OCO3)OOC1(C)C)CCn1cc(COC2[C@H]3OCO[C@H]3CO[C@@]23COC(C)(C)O3)nn1. The first-order chi connectivity index (χ1) is 21.6. The summed E-state index contributed by atoms with van der Waals surface area (Å²) >= 11 is 0. The fraction of sp³-hybridized carbons (Fsp3) is 0.742. The van der Waals surface area contributed by atoms with Crippen molar-refractivity contribution in [1.29, 1.82) is 0 Å². The second-order valence-electron chi connectivity index (χ2n) is 13.4. The monoisotopic (exact) mass is 633 g/mol. The van der Waals surface area contributed by atoms with Crippen LogP contribution < -0.4 is 9.47 Å². The van der Waals surface area contributed by atoms with Gasteiger partial charge in [-0.05, 0) is 71.1 Å². The maximum Gasteiger partial charge on any atom is 0.231 e. The molecule has 7 atom stereocenters. The van der Waals surface area contributed by atoms with Crippen molar-refractivity contribution >= 4 is 0 Å². The van der Waals surface area contributed by atoms with Crippen LogP contribution in [0.4, 0.5) is 0 Å². The van der Waals surface area contributed by atoms with E-state index < -0.39 is 29.6 Å². The molecule has 0 N–H and O–H groups in total. The van der Waals surface area contributed by atoms with Crippen LogP contribution in [0.5, 0.6) is 11.5 Å². The lowest BCUT2D eigenvalue weighted by Crippen LogP contribution is -2.62. The van der Waals surface area contributed by atoms with E-state index in [0.29, 0.717) is 29.7 Å². The Hall–Kier alpha value is -2.40. The number of benzene rings is 1. The molecule has 1 aromatic carbocycles. The van der Waals surface area contributed by atoms with Gasteiger partial charge in [0.25, 0.3) is 0 Å². The van der Waals surface area contributed by atoms with Gasteiger partial charge in [-0.1, -0.05) is 12.1 Å². The first-order valence-electron chi connectivity index (χ1n) is 15.7. The number of hydrogen-bond acceptors (Lipinski definition) is 13. The summed E-state index contributed by atoms with van der Waals surface area (Å²) in [7, 11) is 0. The maximum absolute atomic E-state index is 6.39. The van der Waals surface area contributed by atoms with Crippen LogP contribution in [0.3, 0.4) is 0 Å². The molecule has 45 heavy (non-hydrogen) atoms. The molecule has 0 saturated carbocycles. The van der Waals surface area contributed by atoms with E-state index in [2.05, 4.69) is 17.2 Å². The number of rotatable bonds is 10. The van der Waals surface area contributed by atoms with E-state index in [9.17, 15) is 0 Å². The Labute approximate surface area is 262 Å². The van der Waals surface area contributed by atoms with Crippen LogP contribution in [0.1, 0.15) is 71.4 Å². The van der Waals surface area contributed by atoms with Crippen molar-refractivity contribution in [1.82, 2.24) is 15.0 Å². The van der Waals surface area contributed by atoms with Crippen molar-refractivity contribution in [3.63, 3.8) is 0 Å². The zero-order chi connectivity index (χ0) is 31.2. The molecular weight excluding hydrogens is 590 g/mol. The molecule has 0 amide bonds. The summed E-state index contributed by atoms with van der Waals surface area (Å²) in [6.07, 6.45) is 2.72. The number of aromatic nitrogens is 3. The third-order valence-corrected chi connectivity index (χ3v) is 9.02. The molecule has 6 heterocycles. The average molecular weight is 634 g/mol. The van der Waals surface area contributed by atoms with Crippen molar-refractivity contribution in [3.05, 3.63) is 35.7 Å². The van der Waals surface area contributed by atoms with E-state index in [0.717, 1.165) is 31.4 Å². The number of fused-ring (bicyclic) bond motifs is 2. The van der Waals surface area contributed by atoms with Crippen LogP contribution in [0, 0.1) is 5.92 Å². The molecule has 0 bridgehead atoms. The summed E-state index contributed by atoms with van der Waals surface area (Å²) in [6.45, 7) is 11.9. The highest BCUT2D eigenvalue weighted by Crippen LogP contribution is 2.43. The maximum atomic E-state index is 6.39. The van der Waals surface area contributed by atoms with E-state index in [1.54, 1.807) is 0 Å². The van der Waals surface area contributed by atoms with Gasteiger partial charge in [0, 0.05) is 12.1 Å². The van der Waals surface area contributed by atoms with Crippen molar-refractivity contribution in [3.8, 4) is 11.5 Å². The Morgan fingerprint density at radius 1 is 1.04 bits per heavy atom. The average Bonchev–Trinajstić information content (AvgIpc) is 3.82. The molecule has 4 saturated heterocycles.